The molecule has 11 nitrogen and oxygen atoms in total. The van der Waals surface area contributed by atoms with E-state index in [4.69, 9.17) is 16.4 Å². The molecule has 0 radical (unpaired) electrons. The van der Waals surface area contributed by atoms with Gasteiger partial charge in [-0.3, -0.25) is 19.2 Å². The van der Waals surface area contributed by atoms with Crippen molar-refractivity contribution < 1.29 is 34.2 Å². The molecule has 0 fully saturated rings. The molecule has 0 bridgehead atoms. The summed E-state index contributed by atoms with van der Waals surface area (Å²) in [7, 11) is 0. The van der Waals surface area contributed by atoms with Crippen LogP contribution in [0.3, 0.4) is 0 Å². The zero-order valence-corrected chi connectivity index (χ0v) is 16.8. The Morgan fingerprint density at radius 2 is 1.73 bits per heavy atom. The van der Waals surface area contributed by atoms with Gasteiger partial charge in [-0.25, -0.2) is 0 Å². The van der Waals surface area contributed by atoms with Crippen LogP contribution in [0.25, 0.3) is 5.53 Å². The van der Waals surface area contributed by atoms with E-state index in [1.807, 2.05) is 0 Å². The molecule has 0 aliphatic carbocycles. The molecule has 0 heterocycles. The Bertz CT molecular complexity index is 861. The van der Waals surface area contributed by atoms with Gasteiger partial charge in [-0.15, -0.1) is 0 Å². The number of phenolic OH excluding ortho intramolecular Hbond substituents is 1. The highest BCUT2D eigenvalue weighted by atomic mass is 16.4. The summed E-state index contributed by atoms with van der Waals surface area (Å²) in [6.07, 6.45) is -0.252. The Morgan fingerprint density at radius 3 is 2.23 bits per heavy atom. The number of carboxylic acid groups (broad SMARTS) is 1. The average molecular weight is 419 g/mol. The number of nitrogens with one attached hydrogen (secondary N) is 2. The SMILES string of the molecule is C[C@H](NC(=O)[C@@H](N)C(C)(C)c1ccc(O)cc1)C(=O)NC(CC(=O)O)C(=O)C=[N+]=[N-]. The number of carbonyl (C=O) groups is 4. The molecule has 0 spiro atoms. The van der Waals surface area contributed by atoms with Crippen molar-refractivity contribution >= 4 is 29.8 Å². The molecule has 1 unspecified atom stereocenters. The lowest BCUT2D eigenvalue weighted by molar-refractivity contribution is -0.140. The van der Waals surface area contributed by atoms with Crippen molar-refractivity contribution in [2.45, 2.75) is 50.7 Å². The number of phenols is 1. The summed E-state index contributed by atoms with van der Waals surface area (Å²) in [6.45, 7) is 4.80. The average Bonchev–Trinajstić information content (AvgIpc) is 2.66. The number of hydrogen-bond donors (Lipinski definition) is 5. The van der Waals surface area contributed by atoms with E-state index in [9.17, 15) is 24.3 Å². The van der Waals surface area contributed by atoms with Crippen LogP contribution in [0.15, 0.2) is 24.3 Å². The Labute approximate surface area is 172 Å². The second kappa shape index (κ2) is 10.3. The van der Waals surface area contributed by atoms with Crippen LogP contribution < -0.4 is 16.4 Å². The molecule has 0 saturated carbocycles. The normalized spacial score (nSPS) is 13.9. The van der Waals surface area contributed by atoms with Gasteiger partial charge in [0, 0.05) is 5.41 Å². The molecule has 0 aromatic heterocycles. The van der Waals surface area contributed by atoms with E-state index in [-0.39, 0.29) is 5.75 Å². The van der Waals surface area contributed by atoms with Crippen LogP contribution in [-0.4, -0.2) is 62.9 Å². The van der Waals surface area contributed by atoms with E-state index in [0.29, 0.717) is 11.8 Å². The molecule has 162 valence electrons. The third kappa shape index (κ3) is 6.50. The first-order valence-corrected chi connectivity index (χ1v) is 8.99. The molecule has 30 heavy (non-hydrogen) atoms. The number of rotatable bonds is 10. The summed E-state index contributed by atoms with van der Waals surface area (Å²) < 4.78 is 0. The van der Waals surface area contributed by atoms with E-state index in [2.05, 4.69) is 15.4 Å². The molecule has 0 aliphatic rings. The minimum Gasteiger partial charge on any atom is -0.508 e. The molecule has 1 aromatic carbocycles. The number of nitrogens with zero attached hydrogens (tertiary/aromatic N) is 2. The Morgan fingerprint density at radius 1 is 1.17 bits per heavy atom. The molecule has 3 atom stereocenters. The van der Waals surface area contributed by atoms with E-state index in [1.165, 1.54) is 19.1 Å². The summed E-state index contributed by atoms with van der Waals surface area (Å²) in [4.78, 5) is 50.1. The van der Waals surface area contributed by atoms with Gasteiger partial charge in [-0.05, 0) is 24.6 Å². The van der Waals surface area contributed by atoms with Gasteiger partial charge >= 0.3 is 12.2 Å². The summed E-state index contributed by atoms with van der Waals surface area (Å²) in [5, 5.41) is 22.9. The number of Topliss-reactive ketones (excluding diaryl/α,β-unsaturated/α-hetero) is 1. The number of nitrogens with two attached hydrogens (primary N) is 1. The minimum absolute atomic E-state index is 0.0644. The Hall–Kier alpha value is -3.56. The van der Waals surface area contributed by atoms with Crippen molar-refractivity contribution in [2.24, 2.45) is 5.73 Å². The van der Waals surface area contributed by atoms with E-state index >= 15 is 0 Å². The predicted octanol–water partition coefficient (Wildman–Crippen LogP) is -0.669. The number of aliphatic carboxylic acids is 1. The number of aromatic hydroxyl groups is 1. The zero-order chi connectivity index (χ0) is 23.1. The fourth-order valence-electron chi connectivity index (χ4n) is 2.61. The van der Waals surface area contributed by atoms with Gasteiger partial charge in [0.05, 0.1) is 12.5 Å². The summed E-state index contributed by atoms with van der Waals surface area (Å²) in [5.41, 5.74) is 14.4. The fourth-order valence-corrected chi connectivity index (χ4v) is 2.61. The summed E-state index contributed by atoms with van der Waals surface area (Å²) in [5.74, 6) is -3.67. The molecule has 11 heteroatoms. The van der Waals surface area contributed by atoms with Crippen LogP contribution >= 0.6 is 0 Å². The molecule has 0 saturated heterocycles. The first kappa shape index (κ1) is 24.5. The van der Waals surface area contributed by atoms with Crippen molar-refractivity contribution in [1.29, 1.82) is 0 Å². The van der Waals surface area contributed by atoms with Crippen molar-refractivity contribution in [3.8, 4) is 5.75 Å². The first-order valence-electron chi connectivity index (χ1n) is 8.99. The van der Waals surface area contributed by atoms with Crippen LogP contribution in [0.1, 0.15) is 32.8 Å². The lowest BCUT2D eigenvalue weighted by Gasteiger charge is -2.32. The quantitative estimate of drug-likeness (QED) is 0.188. The molecule has 6 N–H and O–H groups in total. The maximum Gasteiger partial charge on any atom is 0.325 e. The monoisotopic (exact) mass is 419 g/mol. The molecule has 0 aliphatic heterocycles. The zero-order valence-electron chi connectivity index (χ0n) is 16.8. The van der Waals surface area contributed by atoms with Crippen LogP contribution in [0.2, 0.25) is 0 Å². The number of carbonyl (C=O) groups excluding carboxylic acids is 3. The van der Waals surface area contributed by atoms with Crippen molar-refractivity contribution in [2.75, 3.05) is 0 Å². The van der Waals surface area contributed by atoms with Gasteiger partial charge in [-0.1, -0.05) is 26.0 Å². The second-order valence-electron chi connectivity index (χ2n) is 7.28. The molecular weight excluding hydrogens is 394 g/mol. The van der Waals surface area contributed by atoms with Crippen molar-refractivity contribution in [1.82, 2.24) is 10.6 Å². The standard InChI is InChI=1S/C19H25N5O6/c1-10(17(29)24-13(8-15(27)28)14(26)9-22-21)23-18(30)16(20)19(2,3)11-4-6-12(25)7-5-11/h4-7,9-10,13,16,25H,8,20H2,1-3H3,(H,23,30)(H,24,29)(H,27,28)/t10-,13?,16+/m0/s1. The van der Waals surface area contributed by atoms with Crippen molar-refractivity contribution in [3.05, 3.63) is 35.4 Å². The molecular formula is C19H25N5O6. The maximum absolute atomic E-state index is 12.6. The van der Waals surface area contributed by atoms with E-state index in [1.54, 1.807) is 26.0 Å². The summed E-state index contributed by atoms with van der Waals surface area (Å²) >= 11 is 0. The number of carboxylic acids is 1. The van der Waals surface area contributed by atoms with Gasteiger partial charge in [0.15, 0.2) is 0 Å². The number of ketones is 1. The third-order valence-corrected chi connectivity index (χ3v) is 4.65. The van der Waals surface area contributed by atoms with E-state index in [0.717, 1.165) is 0 Å². The van der Waals surface area contributed by atoms with E-state index < -0.39 is 53.5 Å². The Kier molecular flexibility index (Phi) is 8.39. The van der Waals surface area contributed by atoms with Gasteiger partial charge in [0.1, 0.15) is 17.8 Å². The third-order valence-electron chi connectivity index (χ3n) is 4.65. The van der Waals surface area contributed by atoms with Crippen LogP contribution in [0.4, 0.5) is 0 Å². The van der Waals surface area contributed by atoms with Crippen molar-refractivity contribution in [3.63, 3.8) is 0 Å². The number of benzene rings is 1. The van der Waals surface area contributed by atoms with Gasteiger partial charge < -0.3 is 32.1 Å². The lowest BCUT2D eigenvalue weighted by Crippen LogP contribution is -2.57. The second-order valence-corrected chi connectivity index (χ2v) is 7.28. The van der Waals surface area contributed by atoms with Crippen LogP contribution in [-0.2, 0) is 24.6 Å². The van der Waals surface area contributed by atoms with Crippen LogP contribution in [0.5, 0.6) is 5.75 Å². The largest absolute Gasteiger partial charge is 0.508 e. The van der Waals surface area contributed by atoms with Gasteiger partial charge in [0.25, 0.3) is 5.78 Å². The van der Waals surface area contributed by atoms with Gasteiger partial charge in [-0.2, -0.15) is 4.79 Å². The summed E-state index contributed by atoms with van der Waals surface area (Å²) in [6, 6.07) is 2.53. The first-order chi connectivity index (χ1) is 13.9. The molecule has 1 aromatic rings. The predicted molar refractivity (Wildman–Crippen MR) is 106 cm³/mol. The smallest absolute Gasteiger partial charge is 0.325 e. The minimum atomic E-state index is -1.47. The molecule has 2 amide bonds. The highest BCUT2D eigenvalue weighted by Gasteiger charge is 2.35. The lowest BCUT2D eigenvalue weighted by atomic mass is 9.77. The maximum atomic E-state index is 12.6. The highest BCUT2D eigenvalue weighted by Crippen LogP contribution is 2.27. The highest BCUT2D eigenvalue weighted by molar-refractivity contribution is 6.28. The Balaban J connectivity index is 2.84. The number of hydrogen-bond acceptors (Lipinski definition) is 6. The topological polar surface area (TPSA) is 195 Å². The molecule has 1 rings (SSSR count). The van der Waals surface area contributed by atoms with Crippen LogP contribution in [0, 0.1) is 0 Å². The number of amides is 2. The van der Waals surface area contributed by atoms with Gasteiger partial charge in [0.2, 0.25) is 11.8 Å². The fraction of sp³-hybridized carbons (Fsp3) is 0.421.